The van der Waals surface area contributed by atoms with Gasteiger partial charge in [0.05, 0.1) is 0 Å². The Morgan fingerprint density at radius 2 is 1.00 bits per heavy atom. The standard InChI is InChI=1S/C16H12F13N/c1-7-5-9(6-8(2)10(7)30)3-4-11(17,18)12(19,20)13(21,22)14(23,24)15(25,26)16(27,28)29/h3-6H,30H2,1-2H3/b4-3+. The zero-order chi connectivity index (χ0) is 24.1. The molecule has 0 aliphatic rings. The lowest BCUT2D eigenvalue weighted by molar-refractivity contribution is -0.436. The van der Waals surface area contributed by atoms with Crippen molar-refractivity contribution in [1.29, 1.82) is 0 Å². The molecule has 172 valence electrons. The molecule has 2 N–H and O–H groups in total. The number of nitrogens with two attached hydrogens (primary N) is 1. The van der Waals surface area contributed by atoms with E-state index in [1.165, 1.54) is 13.8 Å². The molecule has 1 aromatic carbocycles. The van der Waals surface area contributed by atoms with Crippen molar-refractivity contribution in [2.45, 2.75) is 49.6 Å². The summed E-state index contributed by atoms with van der Waals surface area (Å²) in [7, 11) is 0. The van der Waals surface area contributed by atoms with Gasteiger partial charge in [0.15, 0.2) is 0 Å². The van der Waals surface area contributed by atoms with Gasteiger partial charge >= 0.3 is 35.8 Å². The van der Waals surface area contributed by atoms with Crippen molar-refractivity contribution in [3.63, 3.8) is 0 Å². The summed E-state index contributed by atoms with van der Waals surface area (Å²) in [5, 5.41) is 0. The summed E-state index contributed by atoms with van der Waals surface area (Å²) < 4.78 is 169. The molecule has 0 bridgehead atoms. The minimum atomic E-state index is -7.91. The number of benzene rings is 1. The number of nitrogen functional groups attached to an aromatic ring is 1. The highest BCUT2D eigenvalue weighted by Gasteiger charge is 2.90. The molecule has 0 spiro atoms. The van der Waals surface area contributed by atoms with Gasteiger partial charge in [-0.2, -0.15) is 57.1 Å². The molecular weight excluding hydrogens is 453 g/mol. The highest BCUT2D eigenvalue weighted by Crippen LogP contribution is 2.60. The van der Waals surface area contributed by atoms with Crippen molar-refractivity contribution >= 4 is 11.8 Å². The molecule has 0 amide bonds. The van der Waals surface area contributed by atoms with Gasteiger partial charge in [0.2, 0.25) is 0 Å². The number of hydrogen-bond acceptors (Lipinski definition) is 1. The number of rotatable bonds is 6. The van der Waals surface area contributed by atoms with Crippen LogP contribution in [0.25, 0.3) is 6.08 Å². The van der Waals surface area contributed by atoms with Crippen LogP contribution < -0.4 is 5.73 Å². The van der Waals surface area contributed by atoms with Crippen LogP contribution in [0.3, 0.4) is 0 Å². The van der Waals surface area contributed by atoms with Crippen LogP contribution in [0.15, 0.2) is 18.2 Å². The minimum Gasteiger partial charge on any atom is -0.398 e. The van der Waals surface area contributed by atoms with Crippen LogP contribution in [-0.2, 0) is 0 Å². The van der Waals surface area contributed by atoms with Crippen LogP contribution in [0, 0.1) is 13.8 Å². The van der Waals surface area contributed by atoms with E-state index >= 15 is 0 Å². The molecule has 1 nitrogen and oxygen atoms in total. The minimum absolute atomic E-state index is 0.0729. The number of allylic oxidation sites excluding steroid dienone is 1. The SMILES string of the molecule is Cc1cc(/C=C/C(F)(F)C(F)(F)C(F)(F)C(F)(F)C(F)(F)C(F)(F)F)cc(C)c1N. The lowest BCUT2D eigenvalue weighted by atomic mass is 9.93. The van der Waals surface area contributed by atoms with Gasteiger partial charge in [-0.3, -0.25) is 0 Å². The Balaban J connectivity index is 3.45. The largest absolute Gasteiger partial charge is 0.460 e. The molecule has 0 saturated heterocycles. The first kappa shape index (κ1) is 25.9. The first-order chi connectivity index (χ1) is 13.0. The van der Waals surface area contributed by atoms with Crippen LogP contribution in [-0.4, -0.2) is 35.8 Å². The fourth-order valence-corrected chi connectivity index (χ4v) is 2.19. The maximum atomic E-state index is 13.7. The normalized spacial score (nSPS) is 15.2. The number of hydrogen-bond donors (Lipinski definition) is 1. The van der Waals surface area contributed by atoms with E-state index in [-0.39, 0.29) is 28.5 Å². The lowest BCUT2D eigenvalue weighted by Gasteiger charge is -2.39. The molecule has 0 heterocycles. The molecule has 0 radical (unpaired) electrons. The Bertz CT molecular complexity index is 798. The average Bonchev–Trinajstić information content (AvgIpc) is 2.56. The number of anilines is 1. The Kier molecular flexibility index (Phi) is 6.23. The Labute approximate surface area is 160 Å². The number of alkyl halides is 13. The van der Waals surface area contributed by atoms with E-state index < -0.39 is 41.9 Å². The van der Waals surface area contributed by atoms with E-state index in [2.05, 4.69) is 0 Å². The Hall–Kier alpha value is -2.15. The molecule has 30 heavy (non-hydrogen) atoms. The van der Waals surface area contributed by atoms with Crippen LogP contribution in [0.1, 0.15) is 16.7 Å². The maximum absolute atomic E-state index is 13.7. The molecule has 0 aromatic heterocycles. The van der Waals surface area contributed by atoms with Crippen LogP contribution in [0.2, 0.25) is 0 Å². The predicted octanol–water partition coefficient (Wildman–Crippen LogP) is 6.64. The highest BCUT2D eigenvalue weighted by atomic mass is 19.4. The molecule has 14 heteroatoms. The van der Waals surface area contributed by atoms with Crippen LogP contribution >= 0.6 is 0 Å². The molecule has 0 unspecified atom stereocenters. The summed E-state index contributed by atoms with van der Waals surface area (Å²) in [6.45, 7) is 2.70. The number of halogens is 13. The van der Waals surface area contributed by atoms with E-state index in [1.807, 2.05) is 0 Å². The molecule has 0 atom stereocenters. The van der Waals surface area contributed by atoms with Crippen molar-refractivity contribution in [2.24, 2.45) is 0 Å². The topological polar surface area (TPSA) is 26.0 Å². The molecular formula is C16H12F13N. The summed E-state index contributed by atoms with van der Waals surface area (Å²) in [6, 6.07) is 2.02. The summed E-state index contributed by atoms with van der Waals surface area (Å²) in [5.41, 5.74) is 5.82. The summed E-state index contributed by atoms with van der Waals surface area (Å²) in [6.07, 6.45) is -8.36. The predicted molar refractivity (Wildman–Crippen MR) is 80.2 cm³/mol. The van der Waals surface area contributed by atoms with E-state index in [0.717, 1.165) is 12.1 Å². The second-order valence-corrected chi connectivity index (χ2v) is 6.32. The van der Waals surface area contributed by atoms with Crippen molar-refractivity contribution in [3.8, 4) is 0 Å². The smallest absolute Gasteiger partial charge is 0.398 e. The fraction of sp³-hybridized carbons (Fsp3) is 0.500. The van der Waals surface area contributed by atoms with Gasteiger partial charge in [-0.1, -0.05) is 6.08 Å². The first-order valence-corrected chi connectivity index (χ1v) is 7.56. The molecule has 1 rings (SSSR count). The van der Waals surface area contributed by atoms with Crippen molar-refractivity contribution in [2.75, 3.05) is 5.73 Å². The Morgan fingerprint density at radius 3 is 1.37 bits per heavy atom. The van der Waals surface area contributed by atoms with Gasteiger partial charge in [-0.15, -0.1) is 0 Å². The summed E-state index contributed by atoms with van der Waals surface area (Å²) >= 11 is 0. The van der Waals surface area contributed by atoms with E-state index in [9.17, 15) is 57.1 Å². The third kappa shape index (κ3) is 3.80. The van der Waals surface area contributed by atoms with Gasteiger partial charge in [0, 0.05) is 5.69 Å². The molecule has 0 aliphatic heterocycles. The van der Waals surface area contributed by atoms with Gasteiger partial charge in [0.1, 0.15) is 0 Å². The second kappa shape index (κ2) is 7.22. The van der Waals surface area contributed by atoms with Gasteiger partial charge in [-0.05, 0) is 48.7 Å². The molecule has 0 saturated carbocycles. The zero-order valence-corrected chi connectivity index (χ0v) is 14.8. The summed E-state index contributed by atoms with van der Waals surface area (Å²) in [5.74, 6) is -37.1. The third-order valence-corrected chi connectivity index (χ3v) is 4.06. The van der Waals surface area contributed by atoms with Crippen molar-refractivity contribution < 1.29 is 57.1 Å². The Morgan fingerprint density at radius 1 is 0.633 bits per heavy atom. The van der Waals surface area contributed by atoms with Crippen molar-refractivity contribution in [3.05, 3.63) is 34.9 Å². The molecule has 0 aliphatic carbocycles. The van der Waals surface area contributed by atoms with E-state index in [1.54, 1.807) is 0 Å². The average molecular weight is 465 g/mol. The van der Waals surface area contributed by atoms with Crippen LogP contribution in [0.5, 0.6) is 0 Å². The van der Waals surface area contributed by atoms with Gasteiger partial charge in [0.25, 0.3) is 0 Å². The van der Waals surface area contributed by atoms with E-state index in [4.69, 9.17) is 5.73 Å². The maximum Gasteiger partial charge on any atom is 0.460 e. The highest BCUT2D eigenvalue weighted by molar-refractivity contribution is 5.62. The molecule has 1 aromatic rings. The monoisotopic (exact) mass is 465 g/mol. The first-order valence-electron chi connectivity index (χ1n) is 7.56. The van der Waals surface area contributed by atoms with Gasteiger partial charge < -0.3 is 5.73 Å². The molecule has 0 fully saturated rings. The zero-order valence-electron chi connectivity index (χ0n) is 14.8. The fourth-order valence-electron chi connectivity index (χ4n) is 2.19. The van der Waals surface area contributed by atoms with E-state index in [0.29, 0.717) is 0 Å². The second-order valence-electron chi connectivity index (χ2n) is 6.32. The number of aryl methyl sites for hydroxylation is 2. The van der Waals surface area contributed by atoms with Crippen LogP contribution in [0.4, 0.5) is 62.8 Å². The van der Waals surface area contributed by atoms with Gasteiger partial charge in [-0.25, -0.2) is 0 Å². The quantitative estimate of drug-likeness (QED) is 0.370. The lowest BCUT2D eigenvalue weighted by Crippen LogP contribution is -2.69. The van der Waals surface area contributed by atoms with Crippen molar-refractivity contribution in [1.82, 2.24) is 0 Å². The summed E-state index contributed by atoms with van der Waals surface area (Å²) in [4.78, 5) is 0. The third-order valence-electron chi connectivity index (χ3n) is 4.06.